The molecule has 3 aliphatic heterocycles. The van der Waals surface area contributed by atoms with Gasteiger partial charge in [-0.25, -0.2) is 0 Å². The van der Waals surface area contributed by atoms with Crippen molar-refractivity contribution in [2.75, 3.05) is 13.6 Å². The van der Waals surface area contributed by atoms with Gasteiger partial charge in [-0.05, 0) is 40.3 Å². The van der Waals surface area contributed by atoms with Crippen molar-refractivity contribution in [2.24, 2.45) is 0 Å². The Bertz CT molecular complexity index is 368. The Morgan fingerprint density at radius 2 is 2.05 bits per heavy atom. The second-order valence-electron chi connectivity index (χ2n) is 6.70. The Kier molecular flexibility index (Phi) is 3.89. The van der Waals surface area contributed by atoms with Crippen LogP contribution in [0.25, 0.3) is 0 Å². The van der Waals surface area contributed by atoms with E-state index in [-0.39, 0.29) is 41.6 Å². The van der Waals surface area contributed by atoms with E-state index in [0.717, 1.165) is 25.8 Å². The molecule has 0 aromatic rings. The molecule has 3 saturated heterocycles. The van der Waals surface area contributed by atoms with Crippen LogP contribution in [0.5, 0.6) is 0 Å². The van der Waals surface area contributed by atoms with Gasteiger partial charge in [0.2, 0.25) is 5.91 Å². The van der Waals surface area contributed by atoms with Crippen LogP contribution < -0.4 is 5.32 Å². The molecule has 1 aliphatic carbocycles. The first-order chi connectivity index (χ1) is 8.44. The van der Waals surface area contributed by atoms with Crippen LogP contribution in [0.3, 0.4) is 0 Å². The van der Waals surface area contributed by atoms with Crippen molar-refractivity contribution < 1.29 is 9.53 Å². The molecule has 2 atom stereocenters. The number of hydrogen-bond donors (Lipinski definition) is 1. The summed E-state index contributed by atoms with van der Waals surface area (Å²) >= 11 is 0. The first kappa shape index (κ1) is 15.1. The fraction of sp³-hybridized carbons (Fsp3) is 0.929. The zero-order valence-electron chi connectivity index (χ0n) is 12.1. The van der Waals surface area contributed by atoms with Gasteiger partial charge in [0.15, 0.2) is 0 Å². The van der Waals surface area contributed by atoms with E-state index in [1.54, 1.807) is 0 Å². The van der Waals surface area contributed by atoms with E-state index in [2.05, 4.69) is 31.1 Å². The zero-order valence-corrected chi connectivity index (χ0v) is 12.9. The monoisotopic (exact) mass is 288 g/mol. The van der Waals surface area contributed by atoms with E-state index < -0.39 is 0 Å². The molecule has 4 fully saturated rings. The van der Waals surface area contributed by atoms with Crippen molar-refractivity contribution in [3.8, 4) is 0 Å². The van der Waals surface area contributed by atoms with E-state index in [1.165, 1.54) is 12.8 Å². The number of hydrogen-bond acceptors (Lipinski definition) is 3. The summed E-state index contributed by atoms with van der Waals surface area (Å²) in [6, 6.07) is 0.0628. The van der Waals surface area contributed by atoms with Gasteiger partial charge < -0.3 is 10.1 Å². The van der Waals surface area contributed by atoms with Crippen LogP contribution in [0, 0.1) is 0 Å². The van der Waals surface area contributed by atoms with Crippen molar-refractivity contribution >= 4 is 18.3 Å². The number of piperidine rings is 1. The van der Waals surface area contributed by atoms with Crippen molar-refractivity contribution in [1.29, 1.82) is 0 Å². The molecule has 5 heteroatoms. The first-order valence-corrected chi connectivity index (χ1v) is 7.14. The van der Waals surface area contributed by atoms with Crippen LogP contribution in [-0.4, -0.2) is 47.7 Å². The number of nitrogens with zero attached hydrogens (tertiary/aromatic N) is 1. The summed E-state index contributed by atoms with van der Waals surface area (Å²) in [5.74, 6) is 0.205. The number of carbonyl (C=O) groups is 1. The van der Waals surface area contributed by atoms with Gasteiger partial charge in [0.25, 0.3) is 0 Å². The van der Waals surface area contributed by atoms with Gasteiger partial charge in [-0.1, -0.05) is 6.42 Å². The lowest BCUT2D eigenvalue weighted by Crippen LogP contribution is -2.63. The van der Waals surface area contributed by atoms with Crippen LogP contribution in [0.1, 0.15) is 46.0 Å². The van der Waals surface area contributed by atoms with Crippen molar-refractivity contribution in [3.63, 3.8) is 0 Å². The van der Waals surface area contributed by atoms with Gasteiger partial charge >= 0.3 is 0 Å². The summed E-state index contributed by atoms with van der Waals surface area (Å²) in [6.07, 6.45) is 5.47. The Morgan fingerprint density at radius 1 is 1.37 bits per heavy atom. The molecule has 1 amide bonds. The number of likely N-dealkylation sites (N-methyl/N-ethyl adjacent to an activating group) is 1. The Hall–Kier alpha value is -0.320. The summed E-state index contributed by atoms with van der Waals surface area (Å²) < 4.78 is 5.91. The minimum atomic E-state index is -0.0792. The number of ether oxygens (including phenoxy) is 1. The molecule has 0 aromatic carbocycles. The van der Waals surface area contributed by atoms with E-state index in [4.69, 9.17) is 4.74 Å². The predicted octanol–water partition coefficient (Wildman–Crippen LogP) is 1.72. The number of rotatable bonds is 2. The SMILES string of the molecule is CC1OC2(C)CC1(NC(=O)C1CCCCN1C)C2.Cl. The fourth-order valence-electron chi connectivity index (χ4n) is 4.12. The molecule has 19 heavy (non-hydrogen) atoms. The molecule has 0 aromatic heterocycles. The van der Waals surface area contributed by atoms with Crippen LogP contribution in [0.2, 0.25) is 0 Å². The molecule has 2 unspecified atom stereocenters. The lowest BCUT2D eigenvalue weighted by Gasteiger charge is -2.45. The van der Waals surface area contributed by atoms with Gasteiger partial charge in [0.1, 0.15) is 0 Å². The summed E-state index contributed by atoms with van der Waals surface area (Å²) in [4.78, 5) is 14.6. The number of halogens is 1. The lowest BCUT2D eigenvalue weighted by molar-refractivity contribution is -0.130. The summed E-state index contributed by atoms with van der Waals surface area (Å²) in [6.45, 7) is 5.27. The van der Waals surface area contributed by atoms with Gasteiger partial charge in [-0.3, -0.25) is 9.69 Å². The highest BCUT2D eigenvalue weighted by Gasteiger charge is 2.64. The molecule has 1 N–H and O–H groups in total. The molecule has 4 rings (SSSR count). The smallest absolute Gasteiger partial charge is 0.237 e. The molecule has 2 bridgehead atoms. The Morgan fingerprint density at radius 3 is 2.58 bits per heavy atom. The van der Waals surface area contributed by atoms with Crippen LogP contribution in [0.15, 0.2) is 0 Å². The number of likely N-dealkylation sites (tertiary alicyclic amines) is 1. The molecule has 110 valence electrons. The van der Waals surface area contributed by atoms with Crippen molar-refractivity contribution in [1.82, 2.24) is 10.2 Å². The standard InChI is InChI=1S/C14H24N2O2.ClH/c1-10-14(8-13(2,9-14)18-10)15-12(17)11-6-4-5-7-16(11)3;/h10-11H,4-9H2,1-3H3,(H,15,17);1H. The molecule has 0 spiro atoms. The number of fused-ring (bicyclic) bond motifs is 1. The van der Waals surface area contributed by atoms with Gasteiger partial charge in [-0.15, -0.1) is 12.4 Å². The van der Waals surface area contributed by atoms with Crippen molar-refractivity contribution in [2.45, 2.75) is 69.2 Å². The number of amides is 1. The predicted molar refractivity (Wildman–Crippen MR) is 76.6 cm³/mol. The van der Waals surface area contributed by atoms with E-state index >= 15 is 0 Å². The second-order valence-corrected chi connectivity index (χ2v) is 6.70. The largest absolute Gasteiger partial charge is 0.370 e. The quantitative estimate of drug-likeness (QED) is 0.841. The van der Waals surface area contributed by atoms with E-state index in [1.807, 2.05) is 0 Å². The highest BCUT2D eigenvalue weighted by molar-refractivity contribution is 5.85. The first-order valence-electron chi connectivity index (χ1n) is 7.14. The van der Waals surface area contributed by atoms with Gasteiger partial charge in [0, 0.05) is 12.8 Å². The molecular formula is C14H25ClN2O2. The minimum absolute atomic E-state index is 0. The zero-order chi connectivity index (χ0) is 13.0. The molecule has 0 radical (unpaired) electrons. The summed E-state index contributed by atoms with van der Waals surface area (Å²) in [7, 11) is 2.06. The van der Waals surface area contributed by atoms with Crippen molar-refractivity contribution in [3.05, 3.63) is 0 Å². The second kappa shape index (κ2) is 4.90. The Balaban J connectivity index is 0.00000133. The normalized spacial score (nSPS) is 45.2. The topological polar surface area (TPSA) is 41.6 Å². The third-order valence-corrected chi connectivity index (χ3v) is 5.06. The number of nitrogens with one attached hydrogen (secondary N) is 1. The summed E-state index contributed by atoms with van der Waals surface area (Å²) in [5.41, 5.74) is -0.0602. The molecule has 1 saturated carbocycles. The highest BCUT2D eigenvalue weighted by Crippen LogP contribution is 2.55. The maximum absolute atomic E-state index is 12.4. The average molecular weight is 289 g/mol. The van der Waals surface area contributed by atoms with Crippen LogP contribution >= 0.6 is 12.4 Å². The molecule has 4 aliphatic rings. The maximum atomic E-state index is 12.4. The molecule has 3 heterocycles. The minimum Gasteiger partial charge on any atom is -0.370 e. The van der Waals surface area contributed by atoms with E-state index in [9.17, 15) is 4.79 Å². The third kappa shape index (κ3) is 2.39. The van der Waals surface area contributed by atoms with Crippen LogP contribution in [0.4, 0.5) is 0 Å². The van der Waals surface area contributed by atoms with Gasteiger partial charge in [-0.2, -0.15) is 0 Å². The fourth-order valence-corrected chi connectivity index (χ4v) is 4.12. The summed E-state index contributed by atoms with van der Waals surface area (Å²) in [5, 5.41) is 3.29. The Labute approximate surface area is 121 Å². The third-order valence-electron chi connectivity index (χ3n) is 5.06. The maximum Gasteiger partial charge on any atom is 0.237 e. The number of carbonyl (C=O) groups excluding carboxylic acids is 1. The van der Waals surface area contributed by atoms with E-state index in [0.29, 0.717) is 0 Å². The lowest BCUT2D eigenvalue weighted by atomic mass is 9.67. The molecular weight excluding hydrogens is 264 g/mol. The highest BCUT2D eigenvalue weighted by atomic mass is 35.5. The average Bonchev–Trinajstić information content (AvgIpc) is 2.63. The molecule has 4 nitrogen and oxygen atoms in total. The van der Waals surface area contributed by atoms with Gasteiger partial charge in [0.05, 0.1) is 23.3 Å². The van der Waals surface area contributed by atoms with Crippen LogP contribution in [-0.2, 0) is 9.53 Å².